The number of carbonyl (C=O) groups is 3. The van der Waals surface area contributed by atoms with Crippen LogP contribution in [-0.2, 0) is 38.0 Å². The Balaban J connectivity index is 1.49. The van der Waals surface area contributed by atoms with Crippen molar-refractivity contribution in [3.8, 4) is 0 Å². The molecule has 0 saturated heterocycles. The molecule has 2 aromatic rings. The molecule has 2 aliphatic rings. The van der Waals surface area contributed by atoms with Gasteiger partial charge in [-0.25, -0.2) is 0 Å². The summed E-state index contributed by atoms with van der Waals surface area (Å²) in [5, 5.41) is 5.84. The van der Waals surface area contributed by atoms with Gasteiger partial charge in [-0.2, -0.15) is 0 Å². The van der Waals surface area contributed by atoms with Crippen LogP contribution in [0.15, 0.2) is 42.5 Å². The first-order chi connectivity index (χ1) is 17.8. The number of hydrogen-bond acceptors (Lipinski definition) is 4. The fourth-order valence-electron chi connectivity index (χ4n) is 5.29. The quantitative estimate of drug-likeness (QED) is 0.519. The number of hydrogen-bond donors (Lipinski definition) is 2. The molecule has 37 heavy (non-hydrogen) atoms. The molecule has 1 saturated carbocycles. The minimum absolute atomic E-state index is 0.135. The number of anilines is 2. The highest BCUT2D eigenvalue weighted by atomic mass is 32.2. The first-order valence-electron chi connectivity index (χ1n) is 13.3. The van der Waals surface area contributed by atoms with Gasteiger partial charge in [0.1, 0.15) is 17.5 Å². The second kappa shape index (κ2) is 12.5. The van der Waals surface area contributed by atoms with Crippen LogP contribution in [0.3, 0.4) is 0 Å². The van der Waals surface area contributed by atoms with Gasteiger partial charge in [0.25, 0.3) is 0 Å². The van der Waals surface area contributed by atoms with Gasteiger partial charge in [0.2, 0.25) is 17.7 Å². The zero-order valence-corrected chi connectivity index (χ0v) is 22.6. The summed E-state index contributed by atoms with van der Waals surface area (Å²) in [5.41, 5.74) is 4.70. The Morgan fingerprint density at radius 2 is 1.68 bits per heavy atom. The van der Waals surface area contributed by atoms with Gasteiger partial charge in [0, 0.05) is 28.2 Å². The van der Waals surface area contributed by atoms with Crippen LogP contribution in [-0.4, -0.2) is 45.5 Å². The number of benzene rings is 2. The molecule has 8 heteroatoms. The van der Waals surface area contributed by atoms with Gasteiger partial charge in [0.05, 0.1) is 0 Å². The predicted octanol–water partition coefficient (Wildman–Crippen LogP) is 4.04. The fraction of sp³-hybridized carbons (Fsp3) is 0.483. The molecule has 0 radical (unpaired) electrons. The Morgan fingerprint density at radius 1 is 0.973 bits per heavy atom. The maximum atomic E-state index is 13.6. The third-order valence-electron chi connectivity index (χ3n) is 7.28. The maximum Gasteiger partial charge on any atom is 0.243 e. The maximum absolute atomic E-state index is 13.6. The van der Waals surface area contributed by atoms with Gasteiger partial charge < -0.3 is 10.6 Å². The molecule has 2 atom stereocenters. The van der Waals surface area contributed by atoms with E-state index < -0.39 is 28.7 Å². The minimum Gasteiger partial charge on any atom is -0.352 e. The van der Waals surface area contributed by atoms with Crippen LogP contribution >= 0.6 is 0 Å². The van der Waals surface area contributed by atoms with Crippen molar-refractivity contribution in [1.82, 2.24) is 5.32 Å². The lowest BCUT2D eigenvalue weighted by Gasteiger charge is -2.33. The number of nitrogens with zero attached hydrogens (tertiary/aromatic N) is 1. The van der Waals surface area contributed by atoms with Gasteiger partial charge in [-0.05, 0) is 81.7 Å². The van der Waals surface area contributed by atoms with E-state index >= 15 is 0 Å². The molecule has 3 amide bonds. The zero-order chi connectivity index (χ0) is 26.4. The smallest absolute Gasteiger partial charge is 0.243 e. The van der Waals surface area contributed by atoms with Crippen LogP contribution in [0.4, 0.5) is 11.4 Å². The molecule has 0 aliphatic heterocycles. The van der Waals surface area contributed by atoms with Crippen molar-refractivity contribution in [2.75, 3.05) is 21.7 Å². The fourth-order valence-corrected chi connectivity index (χ4v) is 6.17. The van der Waals surface area contributed by atoms with E-state index in [0.29, 0.717) is 5.69 Å². The summed E-state index contributed by atoms with van der Waals surface area (Å²) >= 11 is 0. The second-order valence-corrected chi connectivity index (χ2v) is 11.7. The molecule has 0 spiro atoms. The Kier molecular flexibility index (Phi) is 9.14. The first kappa shape index (κ1) is 27.0. The number of nitrogens with one attached hydrogen (secondary N) is 2. The second-order valence-electron chi connectivity index (χ2n) is 10.2. The Morgan fingerprint density at radius 3 is 2.41 bits per heavy atom. The molecule has 0 aromatic heterocycles. The molecule has 0 heterocycles. The van der Waals surface area contributed by atoms with Crippen molar-refractivity contribution in [1.29, 1.82) is 0 Å². The van der Waals surface area contributed by atoms with Crippen LogP contribution < -0.4 is 15.5 Å². The van der Waals surface area contributed by atoms with Crippen molar-refractivity contribution >= 4 is 39.9 Å². The lowest BCUT2D eigenvalue weighted by molar-refractivity contribution is -0.125. The highest BCUT2D eigenvalue weighted by Gasteiger charge is 2.32. The minimum atomic E-state index is -1.72. The van der Waals surface area contributed by atoms with Gasteiger partial charge in [-0.1, -0.05) is 42.7 Å². The zero-order valence-electron chi connectivity index (χ0n) is 21.8. The molecule has 0 bridgehead atoms. The topological polar surface area (TPSA) is 95.6 Å². The number of aryl methyl sites for hydroxylation is 2. The lowest BCUT2D eigenvalue weighted by Crippen LogP contribution is -2.52. The summed E-state index contributed by atoms with van der Waals surface area (Å²) in [6.07, 6.45) is 8.01. The summed E-state index contributed by atoms with van der Waals surface area (Å²) < 4.78 is 12.9. The molecular formula is C29H37N3O4S. The summed E-state index contributed by atoms with van der Waals surface area (Å²) in [5.74, 6) is -1.63. The molecular weight excluding hydrogens is 486 g/mol. The molecule has 0 unspecified atom stereocenters. The van der Waals surface area contributed by atoms with Crippen molar-refractivity contribution in [3.63, 3.8) is 0 Å². The van der Waals surface area contributed by atoms with Gasteiger partial charge >= 0.3 is 0 Å². The molecule has 198 valence electrons. The molecule has 2 aliphatic carbocycles. The standard InChI is InChI=1S/C29H37N3O4S/c1-20-14-16-24(17-15-20)30-27(33)18-37(36)19-28(34)32(21(2)29(35)31-23-10-4-5-11-23)26-13-7-9-22-8-3-6-12-25(22)26/h7,9,13-17,21,23H,3-6,8,10-12,18-19H2,1-2H3,(H,30,33)(H,31,35)/t21-,37-/m1/s1. The first-order valence-corrected chi connectivity index (χ1v) is 14.8. The average molecular weight is 524 g/mol. The van der Waals surface area contributed by atoms with Gasteiger partial charge in [0.15, 0.2) is 0 Å². The predicted molar refractivity (Wildman–Crippen MR) is 148 cm³/mol. The highest BCUT2D eigenvalue weighted by molar-refractivity contribution is 7.86. The van der Waals surface area contributed by atoms with Crippen LogP contribution in [0.2, 0.25) is 0 Å². The van der Waals surface area contributed by atoms with E-state index in [0.717, 1.165) is 68.2 Å². The number of fused-ring (bicyclic) bond motifs is 1. The number of amides is 3. The van der Waals surface area contributed by atoms with Gasteiger partial charge in [-0.3, -0.25) is 23.5 Å². The monoisotopic (exact) mass is 523 g/mol. The number of carbonyl (C=O) groups excluding carboxylic acids is 3. The molecule has 4 rings (SSSR count). The molecule has 1 fully saturated rings. The third kappa shape index (κ3) is 7.06. The van der Waals surface area contributed by atoms with Crippen LogP contribution in [0.1, 0.15) is 62.1 Å². The molecule has 2 N–H and O–H groups in total. The normalized spacial score (nSPS) is 16.9. The van der Waals surface area contributed by atoms with E-state index in [-0.39, 0.29) is 23.5 Å². The van der Waals surface area contributed by atoms with Crippen LogP contribution in [0.25, 0.3) is 0 Å². The SMILES string of the molecule is Cc1ccc(NC(=O)C[S@@](=O)CC(=O)N(c2cccc3c2CCCC3)[C@H](C)C(=O)NC2CCCC2)cc1. The highest BCUT2D eigenvalue weighted by Crippen LogP contribution is 2.32. The Hall–Kier alpha value is -3.00. The van der Waals surface area contributed by atoms with Crippen LogP contribution in [0.5, 0.6) is 0 Å². The van der Waals surface area contributed by atoms with E-state index in [4.69, 9.17) is 0 Å². The third-order valence-corrected chi connectivity index (χ3v) is 8.43. The van der Waals surface area contributed by atoms with E-state index in [1.165, 1.54) is 10.5 Å². The lowest BCUT2D eigenvalue weighted by atomic mass is 9.89. The van der Waals surface area contributed by atoms with E-state index in [1.54, 1.807) is 19.1 Å². The largest absolute Gasteiger partial charge is 0.352 e. The van der Waals surface area contributed by atoms with Crippen LogP contribution in [0, 0.1) is 6.92 Å². The summed E-state index contributed by atoms with van der Waals surface area (Å²) in [4.78, 5) is 40.8. The van der Waals surface area contributed by atoms with E-state index in [2.05, 4.69) is 16.7 Å². The van der Waals surface area contributed by atoms with E-state index in [9.17, 15) is 18.6 Å². The van der Waals surface area contributed by atoms with Crippen molar-refractivity contribution < 1.29 is 18.6 Å². The molecule has 2 aromatic carbocycles. The summed E-state index contributed by atoms with van der Waals surface area (Å²) in [6.45, 7) is 3.69. The number of rotatable bonds is 9. The Labute approximate surface area is 221 Å². The average Bonchev–Trinajstić information content (AvgIpc) is 3.38. The Bertz CT molecular complexity index is 1160. The summed E-state index contributed by atoms with van der Waals surface area (Å²) in [6, 6.07) is 12.6. The van der Waals surface area contributed by atoms with Crippen molar-refractivity contribution in [3.05, 3.63) is 59.2 Å². The van der Waals surface area contributed by atoms with E-state index in [1.807, 2.05) is 31.2 Å². The molecule has 7 nitrogen and oxygen atoms in total. The van der Waals surface area contributed by atoms with Gasteiger partial charge in [-0.15, -0.1) is 0 Å². The summed E-state index contributed by atoms with van der Waals surface area (Å²) in [7, 11) is -1.72. The van der Waals surface area contributed by atoms with Crippen molar-refractivity contribution in [2.24, 2.45) is 0 Å². The van der Waals surface area contributed by atoms with Crippen molar-refractivity contribution in [2.45, 2.75) is 77.3 Å².